The van der Waals surface area contributed by atoms with Gasteiger partial charge in [0.25, 0.3) is 0 Å². The molecule has 0 spiro atoms. The fraction of sp³-hybridized carbons (Fsp3) is 0.923. The topological polar surface area (TPSA) is 61.8 Å². The van der Waals surface area contributed by atoms with E-state index in [2.05, 4.69) is 19.2 Å². The largest absolute Gasteiger partial charge is 0.444 e. The van der Waals surface area contributed by atoms with Gasteiger partial charge in [-0.05, 0) is 26.7 Å². The monoisotopic (exact) mass is 258 g/mol. The van der Waals surface area contributed by atoms with Crippen molar-refractivity contribution in [2.45, 2.75) is 52.4 Å². The number of nitrogens with zero attached hydrogens (tertiary/aromatic N) is 1. The van der Waals surface area contributed by atoms with Crippen molar-refractivity contribution in [1.29, 1.82) is 0 Å². The van der Waals surface area contributed by atoms with Crippen LogP contribution >= 0.6 is 0 Å². The van der Waals surface area contributed by atoms with Crippen LogP contribution in [0.15, 0.2) is 0 Å². The van der Waals surface area contributed by atoms with Gasteiger partial charge >= 0.3 is 6.09 Å². The van der Waals surface area contributed by atoms with Gasteiger partial charge in [0.15, 0.2) is 0 Å². The maximum atomic E-state index is 12.0. The van der Waals surface area contributed by atoms with Crippen molar-refractivity contribution in [1.82, 2.24) is 10.2 Å². The molecule has 1 heterocycles. The van der Waals surface area contributed by atoms with Crippen LogP contribution in [0.1, 0.15) is 34.6 Å². The van der Waals surface area contributed by atoms with E-state index in [0.717, 1.165) is 0 Å². The fourth-order valence-corrected chi connectivity index (χ4v) is 1.90. The number of hydrogen-bond acceptors (Lipinski definition) is 4. The van der Waals surface area contributed by atoms with Crippen LogP contribution in [0, 0.1) is 5.92 Å². The van der Waals surface area contributed by atoms with Crippen molar-refractivity contribution in [3.05, 3.63) is 0 Å². The van der Waals surface area contributed by atoms with E-state index >= 15 is 0 Å². The van der Waals surface area contributed by atoms with E-state index in [-0.39, 0.29) is 12.1 Å². The molecule has 5 heteroatoms. The lowest BCUT2D eigenvalue weighted by molar-refractivity contribution is 0.0170. The lowest BCUT2D eigenvalue weighted by Crippen LogP contribution is -2.45. The molecular formula is C13H26N2O3. The summed E-state index contributed by atoms with van der Waals surface area (Å²) in [6.45, 7) is 11.1. The Labute approximate surface area is 109 Å². The average Bonchev–Trinajstić information content (AvgIpc) is 2.37. The highest BCUT2D eigenvalue weighted by Crippen LogP contribution is 2.14. The molecule has 0 aromatic rings. The summed E-state index contributed by atoms with van der Waals surface area (Å²) in [7, 11) is 0. The van der Waals surface area contributed by atoms with Gasteiger partial charge in [0.05, 0.1) is 12.6 Å². The van der Waals surface area contributed by atoms with Crippen LogP contribution in [0.2, 0.25) is 0 Å². The highest BCUT2D eigenvalue weighted by Gasteiger charge is 2.30. The van der Waals surface area contributed by atoms with Crippen LogP contribution < -0.4 is 5.32 Å². The number of aliphatic hydroxyl groups excluding tert-OH is 1. The lowest BCUT2D eigenvalue weighted by Gasteiger charge is -2.29. The van der Waals surface area contributed by atoms with Crippen molar-refractivity contribution in [3.8, 4) is 0 Å². The quantitative estimate of drug-likeness (QED) is 0.742. The highest BCUT2D eigenvalue weighted by atomic mass is 16.6. The molecule has 0 bridgehead atoms. The van der Waals surface area contributed by atoms with E-state index in [0.29, 0.717) is 25.6 Å². The fourth-order valence-electron chi connectivity index (χ4n) is 1.90. The van der Waals surface area contributed by atoms with E-state index in [4.69, 9.17) is 4.74 Å². The van der Waals surface area contributed by atoms with Gasteiger partial charge in [-0.2, -0.15) is 0 Å². The second-order valence-corrected chi connectivity index (χ2v) is 6.30. The molecule has 0 radical (unpaired) electrons. The van der Waals surface area contributed by atoms with Crippen molar-refractivity contribution in [2.75, 3.05) is 19.6 Å². The van der Waals surface area contributed by atoms with Crippen LogP contribution in [-0.4, -0.2) is 53.5 Å². The summed E-state index contributed by atoms with van der Waals surface area (Å²) in [4.78, 5) is 13.6. The third kappa shape index (κ3) is 4.82. The second kappa shape index (κ2) is 5.89. The molecule has 2 atom stereocenters. The van der Waals surface area contributed by atoms with E-state index in [1.165, 1.54) is 0 Å². The van der Waals surface area contributed by atoms with Crippen LogP contribution in [0.4, 0.5) is 4.79 Å². The average molecular weight is 258 g/mol. The molecule has 0 aromatic heterocycles. The Morgan fingerprint density at radius 1 is 1.39 bits per heavy atom. The Kier molecular flexibility index (Phi) is 4.99. The zero-order valence-corrected chi connectivity index (χ0v) is 12.1. The first-order valence-corrected chi connectivity index (χ1v) is 6.58. The smallest absolute Gasteiger partial charge is 0.410 e. The van der Waals surface area contributed by atoms with Gasteiger partial charge in [-0.25, -0.2) is 4.79 Å². The summed E-state index contributed by atoms with van der Waals surface area (Å²) in [6, 6.07) is 0.190. The summed E-state index contributed by atoms with van der Waals surface area (Å²) in [5.41, 5.74) is -0.505. The molecule has 1 saturated heterocycles. The van der Waals surface area contributed by atoms with Gasteiger partial charge in [0.2, 0.25) is 0 Å². The number of hydrogen-bond donors (Lipinski definition) is 2. The molecule has 1 amide bonds. The van der Waals surface area contributed by atoms with Crippen LogP contribution in [0.5, 0.6) is 0 Å². The van der Waals surface area contributed by atoms with Crippen molar-refractivity contribution in [2.24, 2.45) is 5.92 Å². The summed E-state index contributed by atoms with van der Waals surface area (Å²) in [5.74, 6) is 0.403. The molecule has 18 heavy (non-hydrogen) atoms. The minimum atomic E-state index is -0.540. The maximum absolute atomic E-state index is 12.0. The minimum absolute atomic E-state index is 0.190. The number of aliphatic hydroxyl groups is 1. The molecule has 1 rings (SSSR count). The Hall–Kier alpha value is -0.810. The van der Waals surface area contributed by atoms with Gasteiger partial charge in [0.1, 0.15) is 5.60 Å². The summed E-state index contributed by atoms with van der Waals surface area (Å²) in [6.07, 6.45) is -0.892. The molecule has 0 aliphatic carbocycles. The molecule has 1 aliphatic rings. The number of nitrogens with one attached hydrogen (secondary N) is 1. The third-order valence-corrected chi connectivity index (χ3v) is 2.92. The Bertz CT molecular complexity index is 286. The number of β-amino-alcohol motifs (C(OH)–C–C–N with tert-alkyl or cyclic N) is 1. The zero-order chi connectivity index (χ0) is 13.9. The molecule has 0 unspecified atom stereocenters. The first-order valence-electron chi connectivity index (χ1n) is 6.58. The molecule has 5 nitrogen and oxygen atoms in total. The summed E-state index contributed by atoms with van der Waals surface area (Å²) < 4.78 is 5.36. The first-order chi connectivity index (χ1) is 8.19. The number of carbonyl (C=O) groups is 1. The molecule has 106 valence electrons. The SMILES string of the molecule is CC(C)[C@@H]1CN(C(=O)OC(C)(C)C)C[C@@H](O)CN1. The number of ether oxygens (including phenoxy) is 1. The van der Waals surface area contributed by atoms with Crippen molar-refractivity contribution in [3.63, 3.8) is 0 Å². The van der Waals surface area contributed by atoms with Crippen molar-refractivity contribution < 1.29 is 14.6 Å². The summed E-state index contributed by atoms with van der Waals surface area (Å²) >= 11 is 0. The molecule has 2 N–H and O–H groups in total. The van der Waals surface area contributed by atoms with E-state index < -0.39 is 11.7 Å². The van der Waals surface area contributed by atoms with Gasteiger partial charge in [-0.1, -0.05) is 13.8 Å². The molecule has 0 saturated carbocycles. The molecular weight excluding hydrogens is 232 g/mol. The Morgan fingerprint density at radius 2 is 2.00 bits per heavy atom. The standard InChI is InChI=1S/C13H26N2O3/c1-9(2)11-8-15(7-10(16)6-14-11)12(17)18-13(3,4)5/h9-11,14,16H,6-8H2,1-5H3/t10-,11-/m0/s1. The van der Waals surface area contributed by atoms with Gasteiger partial charge in [-0.3, -0.25) is 0 Å². The van der Waals surface area contributed by atoms with Gasteiger partial charge in [-0.15, -0.1) is 0 Å². The lowest BCUT2D eigenvalue weighted by atomic mass is 10.0. The number of amides is 1. The Morgan fingerprint density at radius 3 is 2.50 bits per heavy atom. The van der Waals surface area contributed by atoms with Crippen LogP contribution in [0.3, 0.4) is 0 Å². The molecule has 1 aliphatic heterocycles. The van der Waals surface area contributed by atoms with Crippen LogP contribution in [0.25, 0.3) is 0 Å². The molecule has 0 aromatic carbocycles. The summed E-state index contributed by atoms with van der Waals surface area (Å²) in [5, 5.41) is 13.1. The van der Waals surface area contributed by atoms with E-state index in [9.17, 15) is 9.90 Å². The van der Waals surface area contributed by atoms with E-state index in [1.807, 2.05) is 20.8 Å². The highest BCUT2D eigenvalue weighted by molar-refractivity contribution is 5.68. The predicted octanol–water partition coefficient (Wildman–Crippen LogP) is 1.21. The number of rotatable bonds is 1. The maximum Gasteiger partial charge on any atom is 0.410 e. The second-order valence-electron chi connectivity index (χ2n) is 6.30. The Balaban J connectivity index is 2.69. The first kappa shape index (κ1) is 15.2. The normalized spacial score (nSPS) is 26.1. The van der Waals surface area contributed by atoms with E-state index in [1.54, 1.807) is 4.90 Å². The number of carbonyl (C=O) groups excluding carboxylic acids is 1. The van der Waals surface area contributed by atoms with Crippen LogP contribution in [-0.2, 0) is 4.74 Å². The van der Waals surface area contributed by atoms with Gasteiger partial charge in [0, 0.05) is 19.1 Å². The third-order valence-electron chi connectivity index (χ3n) is 2.92. The zero-order valence-electron chi connectivity index (χ0n) is 12.1. The van der Waals surface area contributed by atoms with Gasteiger partial charge < -0.3 is 20.1 Å². The van der Waals surface area contributed by atoms with Crippen molar-refractivity contribution >= 4 is 6.09 Å². The minimum Gasteiger partial charge on any atom is -0.444 e. The predicted molar refractivity (Wildman–Crippen MR) is 70.4 cm³/mol. The molecule has 1 fully saturated rings.